The standard InChI is InChI=1S/C19H15N5O4/c25-17(20-9-12-4-2-1-3-5-12)13-6-7-15-16(8-13)23-18(22-15)24-11-14(10-21-24)28-19(26)27/h1-8,10-11H,9H2,(H,20,25)(H,22,23)(H,26,27). The van der Waals surface area contributed by atoms with Crippen LogP contribution in [0, 0.1) is 0 Å². The maximum atomic E-state index is 12.4. The van der Waals surface area contributed by atoms with Crippen molar-refractivity contribution in [1.82, 2.24) is 25.1 Å². The Balaban J connectivity index is 1.52. The second kappa shape index (κ2) is 7.23. The van der Waals surface area contributed by atoms with Gasteiger partial charge in [-0.2, -0.15) is 5.10 Å². The van der Waals surface area contributed by atoms with Gasteiger partial charge in [0.15, 0.2) is 5.75 Å². The van der Waals surface area contributed by atoms with E-state index < -0.39 is 6.16 Å². The fourth-order valence-electron chi connectivity index (χ4n) is 2.70. The van der Waals surface area contributed by atoms with Crippen molar-refractivity contribution >= 4 is 23.1 Å². The minimum atomic E-state index is -1.42. The molecule has 0 aliphatic heterocycles. The Morgan fingerprint density at radius 3 is 2.79 bits per heavy atom. The van der Waals surface area contributed by atoms with Gasteiger partial charge in [0.1, 0.15) is 0 Å². The number of hydrogen-bond acceptors (Lipinski definition) is 5. The average molecular weight is 377 g/mol. The molecule has 2 aromatic heterocycles. The third-order valence-corrected chi connectivity index (χ3v) is 4.01. The largest absolute Gasteiger partial charge is 0.511 e. The molecule has 28 heavy (non-hydrogen) atoms. The summed E-state index contributed by atoms with van der Waals surface area (Å²) in [4.78, 5) is 30.4. The van der Waals surface area contributed by atoms with Crippen LogP contribution in [0.2, 0.25) is 0 Å². The van der Waals surface area contributed by atoms with E-state index in [4.69, 9.17) is 5.11 Å². The van der Waals surface area contributed by atoms with Crippen LogP contribution in [-0.2, 0) is 6.54 Å². The van der Waals surface area contributed by atoms with E-state index in [9.17, 15) is 9.59 Å². The molecule has 3 N–H and O–H groups in total. The number of fused-ring (bicyclic) bond motifs is 1. The molecule has 9 heteroatoms. The lowest BCUT2D eigenvalue weighted by Gasteiger charge is -2.05. The molecular formula is C19H15N5O4. The molecule has 0 aliphatic rings. The molecule has 0 radical (unpaired) electrons. The lowest BCUT2D eigenvalue weighted by atomic mass is 10.1. The molecule has 0 saturated carbocycles. The first-order chi connectivity index (χ1) is 13.6. The van der Waals surface area contributed by atoms with Crippen LogP contribution in [0.4, 0.5) is 4.79 Å². The fraction of sp³-hybridized carbons (Fsp3) is 0.0526. The topological polar surface area (TPSA) is 122 Å². The van der Waals surface area contributed by atoms with Gasteiger partial charge in [0, 0.05) is 12.1 Å². The molecule has 4 rings (SSSR count). The van der Waals surface area contributed by atoms with Crippen molar-refractivity contribution < 1.29 is 19.4 Å². The summed E-state index contributed by atoms with van der Waals surface area (Å²) in [7, 11) is 0. The molecule has 0 bridgehead atoms. The third-order valence-electron chi connectivity index (χ3n) is 4.01. The minimum Gasteiger partial charge on any atom is -0.449 e. The number of carbonyl (C=O) groups excluding carboxylic acids is 1. The molecular weight excluding hydrogens is 362 g/mol. The number of amides is 1. The van der Waals surface area contributed by atoms with Crippen LogP contribution >= 0.6 is 0 Å². The van der Waals surface area contributed by atoms with Gasteiger partial charge in [-0.25, -0.2) is 14.5 Å². The number of benzene rings is 2. The Kier molecular flexibility index (Phi) is 4.47. The third kappa shape index (κ3) is 3.68. The molecule has 0 fully saturated rings. The van der Waals surface area contributed by atoms with Crippen LogP contribution in [0.25, 0.3) is 17.0 Å². The first kappa shape index (κ1) is 17.3. The monoisotopic (exact) mass is 377 g/mol. The van der Waals surface area contributed by atoms with E-state index in [1.807, 2.05) is 30.3 Å². The molecule has 2 heterocycles. The van der Waals surface area contributed by atoms with Crippen molar-refractivity contribution in [3.63, 3.8) is 0 Å². The highest BCUT2D eigenvalue weighted by Crippen LogP contribution is 2.18. The van der Waals surface area contributed by atoms with Crippen LogP contribution in [-0.4, -0.2) is 36.9 Å². The molecule has 4 aromatic rings. The Bertz CT molecular complexity index is 1150. The second-order valence-corrected chi connectivity index (χ2v) is 5.95. The predicted molar refractivity (Wildman–Crippen MR) is 99.5 cm³/mol. The van der Waals surface area contributed by atoms with Gasteiger partial charge in [-0.3, -0.25) is 4.79 Å². The van der Waals surface area contributed by atoms with Gasteiger partial charge in [-0.1, -0.05) is 30.3 Å². The number of H-pyrrole nitrogens is 1. The molecule has 140 valence electrons. The van der Waals surface area contributed by atoms with Crippen LogP contribution < -0.4 is 10.1 Å². The van der Waals surface area contributed by atoms with Crippen LogP contribution in [0.15, 0.2) is 60.9 Å². The number of carbonyl (C=O) groups is 2. The van der Waals surface area contributed by atoms with Gasteiger partial charge >= 0.3 is 6.16 Å². The van der Waals surface area contributed by atoms with Crippen molar-refractivity contribution in [3.05, 3.63) is 72.1 Å². The number of nitrogens with zero attached hydrogens (tertiary/aromatic N) is 3. The number of aromatic nitrogens is 4. The quantitative estimate of drug-likeness (QED) is 0.460. The number of aromatic amines is 1. The highest BCUT2D eigenvalue weighted by molar-refractivity contribution is 5.97. The number of imidazole rings is 1. The highest BCUT2D eigenvalue weighted by atomic mass is 16.7. The van der Waals surface area contributed by atoms with Gasteiger partial charge in [-0.15, -0.1) is 0 Å². The summed E-state index contributed by atoms with van der Waals surface area (Å²) in [6.45, 7) is 0.436. The average Bonchev–Trinajstić information content (AvgIpc) is 3.32. The van der Waals surface area contributed by atoms with Crippen molar-refractivity contribution in [2.24, 2.45) is 0 Å². The summed E-state index contributed by atoms with van der Waals surface area (Å²) in [6.07, 6.45) is 1.23. The molecule has 0 spiro atoms. The molecule has 0 atom stereocenters. The van der Waals surface area contributed by atoms with E-state index in [0.717, 1.165) is 5.56 Å². The zero-order valence-electron chi connectivity index (χ0n) is 14.5. The van der Waals surface area contributed by atoms with E-state index in [0.29, 0.717) is 29.1 Å². The number of ether oxygens (including phenoxy) is 1. The Hall–Kier alpha value is -4.14. The van der Waals surface area contributed by atoms with Crippen LogP contribution in [0.3, 0.4) is 0 Å². The lowest BCUT2D eigenvalue weighted by molar-refractivity contribution is 0.0951. The number of rotatable bonds is 5. The van der Waals surface area contributed by atoms with Gasteiger partial charge in [0.25, 0.3) is 5.91 Å². The summed E-state index contributed by atoms with van der Waals surface area (Å²) < 4.78 is 5.90. The molecule has 1 amide bonds. The van der Waals surface area contributed by atoms with Gasteiger partial charge in [0.2, 0.25) is 5.95 Å². The molecule has 9 nitrogen and oxygen atoms in total. The van der Waals surface area contributed by atoms with Gasteiger partial charge in [-0.05, 0) is 23.8 Å². The van der Waals surface area contributed by atoms with Crippen molar-refractivity contribution in [3.8, 4) is 11.7 Å². The number of nitrogens with one attached hydrogen (secondary N) is 2. The summed E-state index contributed by atoms with van der Waals surface area (Å²) in [5.41, 5.74) is 2.80. The smallest absolute Gasteiger partial charge is 0.449 e. The van der Waals surface area contributed by atoms with E-state index >= 15 is 0 Å². The van der Waals surface area contributed by atoms with E-state index in [1.165, 1.54) is 17.1 Å². The fourth-order valence-corrected chi connectivity index (χ4v) is 2.70. The predicted octanol–water partition coefficient (Wildman–Crippen LogP) is 2.74. The minimum absolute atomic E-state index is 0.0777. The molecule has 2 aromatic carbocycles. The Morgan fingerprint density at radius 1 is 1.18 bits per heavy atom. The van der Waals surface area contributed by atoms with E-state index in [1.54, 1.807) is 18.2 Å². The maximum absolute atomic E-state index is 12.4. The van der Waals surface area contributed by atoms with Crippen molar-refractivity contribution in [1.29, 1.82) is 0 Å². The van der Waals surface area contributed by atoms with E-state index in [2.05, 4.69) is 25.1 Å². The van der Waals surface area contributed by atoms with Crippen molar-refractivity contribution in [2.75, 3.05) is 0 Å². The SMILES string of the molecule is O=C(O)Oc1cnn(-c2nc3ccc(C(=O)NCc4ccccc4)cc3[nH]2)c1. The number of carboxylic acid groups (broad SMARTS) is 1. The molecule has 0 saturated heterocycles. The summed E-state index contributed by atoms with van der Waals surface area (Å²) in [5.74, 6) is 0.254. The summed E-state index contributed by atoms with van der Waals surface area (Å²) in [5, 5.41) is 15.5. The van der Waals surface area contributed by atoms with Crippen LogP contribution in [0.5, 0.6) is 5.75 Å². The first-order valence-electron chi connectivity index (χ1n) is 8.36. The molecule has 0 aliphatic carbocycles. The zero-order chi connectivity index (χ0) is 19.5. The second-order valence-electron chi connectivity index (χ2n) is 5.95. The van der Waals surface area contributed by atoms with E-state index in [-0.39, 0.29) is 11.7 Å². The highest BCUT2D eigenvalue weighted by Gasteiger charge is 2.12. The first-order valence-corrected chi connectivity index (χ1v) is 8.36. The van der Waals surface area contributed by atoms with Gasteiger partial charge in [0.05, 0.1) is 23.4 Å². The Labute approximate surface area is 158 Å². The summed E-state index contributed by atoms with van der Waals surface area (Å²) in [6, 6.07) is 14.8. The summed E-state index contributed by atoms with van der Waals surface area (Å²) >= 11 is 0. The molecule has 0 unspecified atom stereocenters. The lowest BCUT2D eigenvalue weighted by Crippen LogP contribution is -2.22. The normalized spacial score (nSPS) is 10.7. The van der Waals surface area contributed by atoms with Crippen molar-refractivity contribution in [2.45, 2.75) is 6.54 Å². The zero-order valence-corrected chi connectivity index (χ0v) is 14.5. The Morgan fingerprint density at radius 2 is 2.00 bits per heavy atom. The van der Waals surface area contributed by atoms with Crippen LogP contribution in [0.1, 0.15) is 15.9 Å². The maximum Gasteiger partial charge on any atom is 0.511 e. The van der Waals surface area contributed by atoms with Gasteiger partial charge < -0.3 is 20.1 Å². The number of hydrogen-bond donors (Lipinski definition) is 3.